The molecule has 9 N–H and O–H groups in total. The molecule has 69 heavy (non-hydrogen) atoms. The molecule has 0 bridgehead atoms. The molecular weight excluding hydrogens is 981 g/mol. The quantitative estimate of drug-likeness (QED) is 0.0599. The van der Waals surface area contributed by atoms with E-state index in [1.165, 1.54) is 24.9 Å². The van der Waals surface area contributed by atoms with Crippen molar-refractivity contribution in [2.45, 2.75) is 90.4 Å². The third kappa shape index (κ3) is 12.4. The van der Waals surface area contributed by atoms with E-state index in [4.69, 9.17) is 58.6 Å². The van der Waals surface area contributed by atoms with Crippen molar-refractivity contribution in [1.82, 2.24) is 44.3 Å². The maximum Gasteiger partial charge on any atom is 0.472 e. The van der Waals surface area contributed by atoms with E-state index in [0.29, 0.717) is 5.56 Å². The Morgan fingerprint density at radius 3 is 1.32 bits per heavy atom. The number of ether oxygens (including phenoxy) is 3. The van der Waals surface area contributed by atoms with E-state index in [1.807, 2.05) is 20.8 Å². The number of phosphoric acid groups is 3. The van der Waals surface area contributed by atoms with Gasteiger partial charge in [0.15, 0.2) is 18.7 Å². The maximum atomic E-state index is 13.9. The summed E-state index contributed by atoms with van der Waals surface area (Å²) < 4.78 is 94.7. The van der Waals surface area contributed by atoms with Crippen LogP contribution in [0.4, 0.5) is 0 Å². The van der Waals surface area contributed by atoms with Crippen molar-refractivity contribution in [3.63, 3.8) is 0 Å². The van der Waals surface area contributed by atoms with Gasteiger partial charge in [-0.05, 0) is 18.4 Å². The zero-order valence-corrected chi connectivity index (χ0v) is 40.0. The van der Waals surface area contributed by atoms with Crippen molar-refractivity contribution in [2.24, 2.45) is 40.9 Å². The van der Waals surface area contributed by atoms with Gasteiger partial charge in [0.05, 0.1) is 32.5 Å². The number of benzene rings is 1. The summed E-state index contributed by atoms with van der Waals surface area (Å²) in [6, 6.07) is 6.94. The van der Waals surface area contributed by atoms with Gasteiger partial charge < -0.3 is 46.1 Å². The second-order valence-electron chi connectivity index (χ2n) is 16.6. The Morgan fingerprint density at radius 1 is 0.565 bits per heavy atom. The van der Waals surface area contributed by atoms with E-state index >= 15 is 0 Å². The van der Waals surface area contributed by atoms with E-state index in [2.05, 4.69) is 30.2 Å². The number of phosphoric ester groups is 3. The van der Waals surface area contributed by atoms with Gasteiger partial charge in [-0.1, -0.05) is 57.5 Å². The first-order valence-electron chi connectivity index (χ1n) is 21.0. The molecule has 1 aromatic carbocycles. The summed E-state index contributed by atoms with van der Waals surface area (Å²) >= 11 is 0. The summed E-state index contributed by atoms with van der Waals surface area (Å²) in [4.78, 5) is 79.5. The van der Waals surface area contributed by atoms with Crippen LogP contribution in [0.2, 0.25) is 0 Å². The highest BCUT2D eigenvalue weighted by molar-refractivity contribution is 7.48. The molecule has 3 amide bonds. The fraction of sp³-hybridized carbons (Fsp3) is 0.583. The van der Waals surface area contributed by atoms with Gasteiger partial charge in [-0.25, -0.2) is 42.7 Å². The Morgan fingerprint density at radius 2 is 0.928 bits per heavy atom. The lowest BCUT2D eigenvalue weighted by Crippen LogP contribution is -2.34. The first-order chi connectivity index (χ1) is 32.4. The molecule has 15 atom stereocenters. The summed E-state index contributed by atoms with van der Waals surface area (Å²) in [5.74, 6) is -6.22. The monoisotopic (exact) mass is 1030 g/mol. The zero-order valence-electron chi connectivity index (χ0n) is 37.4. The molecule has 378 valence electrons. The second-order valence-corrected chi connectivity index (χ2v) is 20.8. The lowest BCUT2D eigenvalue weighted by molar-refractivity contribution is -0.0628. The minimum atomic E-state index is -5.26. The largest absolute Gasteiger partial charge is 0.472 e. The van der Waals surface area contributed by atoms with Gasteiger partial charge in [0.1, 0.15) is 43.4 Å². The van der Waals surface area contributed by atoms with Crippen LogP contribution < -0.4 is 17.2 Å². The third-order valence-electron chi connectivity index (χ3n) is 11.7. The van der Waals surface area contributed by atoms with Gasteiger partial charge in [-0.3, -0.25) is 41.5 Å². The van der Waals surface area contributed by atoms with Crippen LogP contribution in [0, 0.1) is 30.6 Å². The van der Waals surface area contributed by atoms with Gasteiger partial charge in [0.25, 0.3) is 17.7 Å². The van der Waals surface area contributed by atoms with Crippen LogP contribution in [0.3, 0.4) is 0 Å². The Kier molecular flexibility index (Phi) is 15.8. The first-order valence-corrected chi connectivity index (χ1v) is 25.5. The van der Waals surface area contributed by atoms with Crippen LogP contribution in [0.5, 0.6) is 0 Å². The Hall–Kier alpha value is -4.74. The molecule has 7 rings (SSSR count). The number of amides is 3. The average molecular weight is 1030 g/mol. The molecule has 3 aliphatic heterocycles. The molecule has 0 radical (unpaired) electrons. The fourth-order valence-corrected chi connectivity index (χ4v) is 10.6. The third-order valence-corrected chi connectivity index (χ3v) is 14.6. The molecule has 0 spiro atoms. The number of aryl methyl sites for hydroxylation is 1. The Labute approximate surface area is 391 Å². The van der Waals surface area contributed by atoms with Crippen LogP contribution in [0.15, 0.2) is 43.2 Å². The molecule has 6 heterocycles. The Bertz CT molecular complexity index is 2640. The molecule has 33 heteroatoms. The zero-order chi connectivity index (χ0) is 50.2. The summed E-state index contributed by atoms with van der Waals surface area (Å²) in [5, 5.41) is 12.1. The number of hydrogen-bond acceptors (Lipinski definition) is 21. The van der Waals surface area contributed by atoms with Gasteiger partial charge in [0, 0.05) is 17.8 Å². The van der Waals surface area contributed by atoms with Gasteiger partial charge in [-0.15, -0.1) is 15.3 Å². The van der Waals surface area contributed by atoms with Crippen molar-refractivity contribution >= 4 is 41.2 Å². The molecule has 3 saturated heterocycles. The number of primary amides is 3. The predicted molar refractivity (Wildman–Crippen MR) is 227 cm³/mol. The standard InChI is InChI=1S/C36H51N12O18P3/c1-17-6-8-22(9-7-17)10-58-67(52,53)59-12-24-26(20(4)35(63-24)47-15-41-32(44-47)29(38)50)66-69(56,57)61-13-25-27(21(5)36(64-25)48-16-42-33(45-48)30(39)51)65-68(54,55)60-11-23-18(2)19(3)34(62-23)46-14-40-31(43-46)28(37)49/h6-9,14-16,18-21,23-27,34-36H,10-13H2,1-5H3,(H2,37,49)(H2,38,50)(H2,39,51)(H,52,53)(H,54,55)(H,56,57). The van der Waals surface area contributed by atoms with E-state index in [1.54, 1.807) is 24.3 Å². The first kappa shape index (κ1) is 52.1. The molecule has 3 aromatic heterocycles. The lowest BCUT2D eigenvalue weighted by atomic mass is 9.93. The number of rotatable bonds is 22. The highest BCUT2D eigenvalue weighted by Crippen LogP contribution is 2.54. The van der Waals surface area contributed by atoms with Gasteiger partial charge >= 0.3 is 23.5 Å². The van der Waals surface area contributed by atoms with Crippen molar-refractivity contribution in [2.75, 3.05) is 19.8 Å². The van der Waals surface area contributed by atoms with E-state index in [9.17, 15) is 42.8 Å². The number of nitrogens with zero attached hydrogens (tertiary/aromatic N) is 9. The number of carbonyl (C=O) groups is 3. The summed E-state index contributed by atoms with van der Waals surface area (Å²) in [7, 11) is -15.1. The summed E-state index contributed by atoms with van der Waals surface area (Å²) in [6.45, 7) is 6.14. The lowest BCUT2D eigenvalue weighted by Gasteiger charge is -2.26. The van der Waals surface area contributed by atoms with Crippen LogP contribution >= 0.6 is 23.5 Å². The summed E-state index contributed by atoms with van der Waals surface area (Å²) in [6.07, 6.45) is -6.23. The highest BCUT2D eigenvalue weighted by atomic mass is 31.2. The van der Waals surface area contributed by atoms with Crippen LogP contribution in [-0.2, 0) is 61.7 Å². The predicted octanol–water partition coefficient (Wildman–Crippen LogP) is 1.04. The minimum Gasteiger partial charge on any atom is -0.363 e. The molecule has 0 aliphatic carbocycles. The number of carbonyl (C=O) groups excluding carboxylic acids is 3. The number of aromatic nitrogens is 9. The van der Waals surface area contributed by atoms with Crippen molar-refractivity contribution in [3.8, 4) is 0 Å². The highest BCUT2D eigenvalue weighted by Gasteiger charge is 2.52. The Balaban J connectivity index is 1.05. The number of nitrogens with two attached hydrogens (primary N) is 3. The van der Waals surface area contributed by atoms with Crippen LogP contribution in [0.25, 0.3) is 0 Å². The van der Waals surface area contributed by atoms with Crippen LogP contribution in [0.1, 0.15) is 89.4 Å². The van der Waals surface area contributed by atoms with Crippen molar-refractivity contribution in [3.05, 3.63) is 71.8 Å². The molecule has 30 nitrogen and oxygen atoms in total. The smallest absolute Gasteiger partial charge is 0.363 e. The van der Waals surface area contributed by atoms with E-state index in [-0.39, 0.29) is 35.9 Å². The number of hydrogen-bond donors (Lipinski definition) is 6. The molecular formula is C36H51N12O18P3. The molecule has 3 aliphatic rings. The maximum absolute atomic E-state index is 13.9. The average Bonchev–Trinajstić information content (AvgIpc) is 4.16. The second kappa shape index (κ2) is 20.9. The minimum absolute atomic E-state index is 0.234. The topological polar surface area (TPSA) is 416 Å². The molecule has 0 saturated carbocycles. The SMILES string of the molecule is Cc1ccc(COP(=O)(O)OCC2OC(n3cnc(C(N)=O)n3)C(C)C2OP(=O)(O)OCC2OC(n3cnc(C(N)=O)n3)C(C)C2OP(=O)(O)OCC2OC(n3cnc(C(N)=O)n3)C(C)C2C)cc1. The van der Waals surface area contributed by atoms with E-state index < -0.39 is 122 Å². The summed E-state index contributed by atoms with van der Waals surface area (Å²) in [5.41, 5.74) is 17.5. The molecule has 4 aromatic rings. The van der Waals surface area contributed by atoms with Crippen molar-refractivity contribution < 1.29 is 84.1 Å². The van der Waals surface area contributed by atoms with Gasteiger partial charge in [0.2, 0.25) is 17.5 Å². The van der Waals surface area contributed by atoms with Crippen LogP contribution in [-0.4, -0.2) is 127 Å². The fourth-order valence-electron chi connectivity index (χ4n) is 7.76. The molecule has 3 fully saturated rings. The van der Waals surface area contributed by atoms with Gasteiger partial charge in [-0.2, -0.15) is 0 Å². The normalized spacial score (nSPS) is 30.7. The molecule has 15 unspecified atom stereocenters. The van der Waals surface area contributed by atoms with Crippen molar-refractivity contribution in [1.29, 1.82) is 0 Å². The van der Waals surface area contributed by atoms with E-state index in [0.717, 1.165) is 27.6 Å².